The molecule has 1 atom stereocenters. The number of hydrogen-bond donors (Lipinski definition) is 1. The molecular formula is C6H7NO3S. The van der Waals surface area contributed by atoms with Crippen molar-refractivity contribution in [2.45, 2.75) is 13.0 Å². The molecule has 0 saturated carbocycles. The van der Waals surface area contributed by atoms with Gasteiger partial charge in [0.1, 0.15) is 0 Å². The first-order valence-corrected chi connectivity index (χ1v) is 3.85. The van der Waals surface area contributed by atoms with E-state index in [1.165, 1.54) is 6.07 Å². The smallest absolute Gasteiger partial charge is 0.324 e. The van der Waals surface area contributed by atoms with E-state index in [0.29, 0.717) is 4.88 Å². The SMILES string of the molecule is C[C@H](O)c1ccc([N+](=O)[O-])s1. The Balaban J connectivity index is 2.90. The second kappa shape index (κ2) is 2.98. The quantitative estimate of drug-likeness (QED) is 0.547. The van der Waals surface area contributed by atoms with Crippen LogP contribution in [-0.4, -0.2) is 10.0 Å². The van der Waals surface area contributed by atoms with Gasteiger partial charge in [0, 0.05) is 10.9 Å². The highest BCUT2D eigenvalue weighted by Gasteiger charge is 2.11. The molecule has 0 aliphatic carbocycles. The Morgan fingerprint density at radius 3 is 2.64 bits per heavy atom. The number of thiophene rings is 1. The van der Waals surface area contributed by atoms with E-state index >= 15 is 0 Å². The summed E-state index contributed by atoms with van der Waals surface area (Å²) in [6.45, 7) is 1.58. The molecule has 0 aliphatic rings. The molecule has 11 heavy (non-hydrogen) atoms. The average Bonchev–Trinajstić information content (AvgIpc) is 2.33. The molecule has 4 nitrogen and oxygen atoms in total. The topological polar surface area (TPSA) is 63.4 Å². The molecule has 0 radical (unpaired) electrons. The van der Waals surface area contributed by atoms with Crippen LogP contribution < -0.4 is 0 Å². The minimum absolute atomic E-state index is 0.0703. The third-order valence-corrected chi connectivity index (χ3v) is 2.41. The molecule has 0 bridgehead atoms. The van der Waals surface area contributed by atoms with Crippen molar-refractivity contribution in [3.63, 3.8) is 0 Å². The molecule has 0 aromatic carbocycles. The van der Waals surface area contributed by atoms with E-state index in [0.717, 1.165) is 11.3 Å². The van der Waals surface area contributed by atoms with Gasteiger partial charge in [0.25, 0.3) is 0 Å². The molecule has 1 aromatic heterocycles. The van der Waals surface area contributed by atoms with Crippen molar-refractivity contribution in [1.29, 1.82) is 0 Å². The molecule has 1 rings (SSSR count). The highest BCUT2D eigenvalue weighted by Crippen LogP contribution is 2.28. The molecule has 5 heteroatoms. The Kier molecular flexibility index (Phi) is 2.21. The second-order valence-corrected chi connectivity index (χ2v) is 3.20. The van der Waals surface area contributed by atoms with E-state index in [1.807, 2.05) is 0 Å². The minimum atomic E-state index is -0.617. The molecule has 0 unspecified atom stereocenters. The summed E-state index contributed by atoms with van der Waals surface area (Å²) in [7, 11) is 0. The van der Waals surface area contributed by atoms with Crippen LogP contribution in [0.3, 0.4) is 0 Å². The lowest BCUT2D eigenvalue weighted by molar-refractivity contribution is -0.380. The van der Waals surface area contributed by atoms with Gasteiger partial charge in [-0.2, -0.15) is 0 Å². The lowest BCUT2D eigenvalue weighted by Gasteiger charge is -1.94. The Bertz CT molecular complexity index is 269. The fraction of sp³-hybridized carbons (Fsp3) is 0.333. The third-order valence-electron chi connectivity index (χ3n) is 1.20. The van der Waals surface area contributed by atoms with Crippen molar-refractivity contribution in [3.05, 3.63) is 27.1 Å². The highest BCUT2D eigenvalue weighted by molar-refractivity contribution is 7.15. The predicted octanol–water partition coefficient (Wildman–Crippen LogP) is 1.71. The lowest BCUT2D eigenvalue weighted by atomic mass is 10.3. The van der Waals surface area contributed by atoms with Gasteiger partial charge in [0.2, 0.25) is 0 Å². The van der Waals surface area contributed by atoms with E-state index in [-0.39, 0.29) is 5.00 Å². The van der Waals surface area contributed by atoms with Gasteiger partial charge in [-0.25, -0.2) is 0 Å². The molecular weight excluding hydrogens is 166 g/mol. The molecule has 0 saturated heterocycles. The van der Waals surface area contributed by atoms with Crippen LogP contribution in [0.2, 0.25) is 0 Å². The number of nitro groups is 1. The first-order chi connectivity index (χ1) is 5.11. The molecule has 0 amide bonds. The summed E-state index contributed by atoms with van der Waals surface area (Å²) in [6, 6.07) is 2.96. The maximum atomic E-state index is 10.2. The molecule has 0 fully saturated rings. The van der Waals surface area contributed by atoms with Crippen LogP contribution in [0, 0.1) is 10.1 Å². The van der Waals surface area contributed by atoms with Gasteiger partial charge >= 0.3 is 5.00 Å². The molecule has 0 aliphatic heterocycles. The zero-order valence-electron chi connectivity index (χ0n) is 5.85. The summed E-state index contributed by atoms with van der Waals surface area (Å²) in [5.41, 5.74) is 0. The van der Waals surface area contributed by atoms with Crippen LogP contribution in [0.15, 0.2) is 12.1 Å². The number of rotatable bonds is 2. The Labute approximate surface area is 67.2 Å². The van der Waals surface area contributed by atoms with Gasteiger partial charge in [-0.15, -0.1) is 0 Å². The van der Waals surface area contributed by atoms with Crippen molar-refractivity contribution in [2.75, 3.05) is 0 Å². The first-order valence-electron chi connectivity index (χ1n) is 3.03. The molecule has 1 heterocycles. The van der Waals surface area contributed by atoms with Crippen molar-refractivity contribution in [2.24, 2.45) is 0 Å². The van der Waals surface area contributed by atoms with Crippen LogP contribution in [-0.2, 0) is 0 Å². The number of hydrogen-bond acceptors (Lipinski definition) is 4. The van der Waals surface area contributed by atoms with E-state index in [2.05, 4.69) is 0 Å². The van der Waals surface area contributed by atoms with Gasteiger partial charge in [0.05, 0.1) is 11.0 Å². The summed E-state index contributed by atoms with van der Waals surface area (Å²) in [6.07, 6.45) is -0.617. The summed E-state index contributed by atoms with van der Waals surface area (Å²) >= 11 is 1.000. The predicted molar refractivity (Wildman–Crippen MR) is 41.6 cm³/mol. The Morgan fingerprint density at radius 1 is 1.73 bits per heavy atom. The summed E-state index contributed by atoms with van der Waals surface area (Å²) < 4.78 is 0. The van der Waals surface area contributed by atoms with Gasteiger partial charge in [-0.3, -0.25) is 10.1 Å². The molecule has 1 N–H and O–H groups in total. The van der Waals surface area contributed by atoms with E-state index < -0.39 is 11.0 Å². The molecule has 0 spiro atoms. The van der Waals surface area contributed by atoms with E-state index in [4.69, 9.17) is 5.11 Å². The van der Waals surface area contributed by atoms with Crippen LogP contribution in [0.25, 0.3) is 0 Å². The first kappa shape index (κ1) is 8.16. The monoisotopic (exact) mass is 173 g/mol. The van der Waals surface area contributed by atoms with Crippen LogP contribution >= 0.6 is 11.3 Å². The van der Waals surface area contributed by atoms with Crippen LogP contribution in [0.1, 0.15) is 17.9 Å². The van der Waals surface area contributed by atoms with Crippen molar-refractivity contribution in [1.82, 2.24) is 0 Å². The van der Waals surface area contributed by atoms with Crippen LogP contribution in [0.5, 0.6) is 0 Å². The van der Waals surface area contributed by atoms with Gasteiger partial charge in [0.15, 0.2) is 0 Å². The van der Waals surface area contributed by atoms with Crippen molar-refractivity contribution in [3.8, 4) is 0 Å². The largest absolute Gasteiger partial charge is 0.388 e. The lowest BCUT2D eigenvalue weighted by Crippen LogP contribution is -1.84. The van der Waals surface area contributed by atoms with Gasteiger partial charge in [-0.05, 0) is 13.0 Å². The van der Waals surface area contributed by atoms with Gasteiger partial charge < -0.3 is 5.11 Å². The standard InChI is InChI=1S/C6H7NO3S/c1-4(8)5-2-3-6(11-5)7(9)10/h2-4,8H,1H3/t4-/m0/s1. The van der Waals surface area contributed by atoms with Gasteiger partial charge in [-0.1, -0.05) is 11.3 Å². The Hall–Kier alpha value is -0.940. The zero-order chi connectivity index (χ0) is 8.43. The van der Waals surface area contributed by atoms with Crippen molar-refractivity contribution >= 4 is 16.3 Å². The average molecular weight is 173 g/mol. The third kappa shape index (κ3) is 1.75. The Morgan fingerprint density at radius 2 is 2.36 bits per heavy atom. The zero-order valence-corrected chi connectivity index (χ0v) is 6.67. The number of aliphatic hydroxyl groups excluding tert-OH is 1. The summed E-state index contributed by atoms with van der Waals surface area (Å²) in [5.74, 6) is 0. The number of aliphatic hydroxyl groups is 1. The normalized spacial score (nSPS) is 12.9. The van der Waals surface area contributed by atoms with Crippen molar-refractivity contribution < 1.29 is 10.0 Å². The fourth-order valence-electron chi connectivity index (χ4n) is 0.665. The van der Waals surface area contributed by atoms with E-state index in [9.17, 15) is 10.1 Å². The molecule has 60 valence electrons. The fourth-order valence-corrected chi connectivity index (χ4v) is 1.42. The van der Waals surface area contributed by atoms with E-state index in [1.54, 1.807) is 13.0 Å². The highest BCUT2D eigenvalue weighted by atomic mass is 32.1. The maximum Gasteiger partial charge on any atom is 0.324 e. The number of nitrogens with zero attached hydrogens (tertiary/aromatic N) is 1. The second-order valence-electron chi connectivity index (χ2n) is 2.11. The summed E-state index contributed by atoms with van der Waals surface area (Å²) in [4.78, 5) is 10.3. The minimum Gasteiger partial charge on any atom is -0.388 e. The maximum absolute atomic E-state index is 10.2. The van der Waals surface area contributed by atoms with Crippen LogP contribution in [0.4, 0.5) is 5.00 Å². The molecule has 1 aromatic rings. The summed E-state index contributed by atoms with van der Waals surface area (Å²) in [5, 5.41) is 19.2.